The van der Waals surface area contributed by atoms with Gasteiger partial charge in [-0.25, -0.2) is 33.4 Å². The normalized spacial score (nSPS) is 9.79. The van der Waals surface area contributed by atoms with Crippen LogP contribution < -0.4 is 0 Å². The molecule has 0 spiro atoms. The predicted octanol–water partition coefficient (Wildman–Crippen LogP) is 34.2. The average Bonchev–Trinajstić information content (AvgIpc) is 1.62. The van der Waals surface area contributed by atoms with Gasteiger partial charge in [0.25, 0.3) is 0 Å². The van der Waals surface area contributed by atoms with Gasteiger partial charge < -0.3 is 44.1 Å². The van der Waals surface area contributed by atoms with E-state index in [1.807, 2.05) is 221 Å². The Morgan fingerprint density at radius 1 is 0.194 bits per heavy atom. The van der Waals surface area contributed by atoms with Crippen molar-refractivity contribution in [3.05, 3.63) is 358 Å². The van der Waals surface area contributed by atoms with Gasteiger partial charge >= 0.3 is 0 Å². The molecule has 3 aliphatic carbocycles. The second-order valence-corrected chi connectivity index (χ2v) is 31.9. The molecule has 0 heterocycles. The SMILES string of the molecule is CC.CC.CC.CC.CC.CC.CC.CC.CC.CC.CC.CC.CCN(C)C.CCN(C)C.CCN(C)C.CCN(C)C.CCN(C)C.CCN(C)C.CN(Cc1ccc2c(c1)-c1ccccc1C2)Cc1ccc[c-]c1-c1[c-]cccc1.CN(Cc1ccc2c(c1)Cc1ccccc1-2)Cc1ccc[c-]c1-c1[c-]cccc1.CN(Cc1ccc[c-]c1-c1[c-]cccc1)Cc1cccc2c1-c1ccccc1C2.[Y].[Y].[Y]. The summed E-state index contributed by atoms with van der Waals surface area (Å²) in [6.07, 6.45) is 3.15. The Kier molecular flexibility index (Phi) is 112. The van der Waals surface area contributed by atoms with Crippen molar-refractivity contribution in [2.45, 2.75) is 266 Å². The Hall–Kier alpha value is -6.41. The molecule has 12 aromatic rings. The van der Waals surface area contributed by atoms with Gasteiger partial charge in [-0.2, -0.15) is 126 Å². The average molecular weight is 2190 g/mol. The predicted molar refractivity (Wildman–Crippen MR) is 640 cm³/mol. The molecule has 9 nitrogen and oxygen atoms in total. The minimum absolute atomic E-state index is 0. The summed E-state index contributed by atoms with van der Waals surface area (Å²) in [7, 11) is 31.2. The van der Waals surface area contributed by atoms with Crippen molar-refractivity contribution in [2.75, 3.05) is 145 Å². The van der Waals surface area contributed by atoms with E-state index >= 15 is 0 Å². The zero-order valence-electron chi connectivity index (χ0n) is 101. The minimum Gasteiger partial charge on any atom is -0.310 e. The van der Waals surface area contributed by atoms with Crippen LogP contribution in [-0.4, -0.2) is 189 Å². The zero-order valence-corrected chi connectivity index (χ0v) is 109. The molecule has 15 rings (SSSR count). The van der Waals surface area contributed by atoms with E-state index in [1.54, 1.807) is 0 Å². The van der Waals surface area contributed by atoms with Crippen LogP contribution in [0.25, 0.3) is 66.8 Å². The molecule has 0 saturated carbocycles. The van der Waals surface area contributed by atoms with Crippen molar-refractivity contribution in [2.24, 2.45) is 0 Å². The monoisotopic (exact) mass is 2190 g/mol. The maximum atomic E-state index is 3.42. The summed E-state index contributed by atoms with van der Waals surface area (Å²) in [5, 5.41) is 0. The van der Waals surface area contributed by atoms with E-state index in [-0.39, 0.29) is 98.1 Å². The maximum Gasteiger partial charge on any atom is 0.0231 e. The fourth-order valence-electron chi connectivity index (χ4n) is 13.1. The third-order valence-corrected chi connectivity index (χ3v) is 20.8. The van der Waals surface area contributed by atoms with E-state index in [9.17, 15) is 0 Å². The van der Waals surface area contributed by atoms with Crippen LogP contribution in [0.2, 0.25) is 0 Å². The number of nitrogens with zero attached hydrogens (tertiary/aromatic N) is 9. The maximum absolute atomic E-state index is 3.42. The van der Waals surface area contributed by atoms with E-state index in [1.165, 1.54) is 100 Å². The van der Waals surface area contributed by atoms with E-state index in [4.69, 9.17) is 0 Å². The molecule has 3 aliphatic rings. The number of rotatable bonds is 21. The zero-order chi connectivity index (χ0) is 109. The molecule has 0 unspecified atom stereocenters. The summed E-state index contributed by atoms with van der Waals surface area (Å²) in [5.41, 5.74) is 31.8. The molecular weight excluding hydrogens is 1980 g/mol. The smallest absolute Gasteiger partial charge is 0.0231 e. The molecule has 0 aromatic heterocycles. The fraction of sp³-hybridized carbons (Fsp3) is 0.455. The van der Waals surface area contributed by atoms with Crippen LogP contribution in [-0.2, 0) is 157 Å². The molecule has 0 saturated heterocycles. The second kappa shape index (κ2) is 104. The molecule has 3 radical (unpaired) electrons. The van der Waals surface area contributed by atoms with Crippen LogP contribution in [0.15, 0.2) is 255 Å². The molecule has 0 atom stereocenters. The summed E-state index contributed by atoms with van der Waals surface area (Å²) >= 11 is 0. The summed E-state index contributed by atoms with van der Waals surface area (Å²) in [6.45, 7) is 73.0. The van der Waals surface area contributed by atoms with E-state index in [2.05, 4.69) is 428 Å². The first-order chi connectivity index (χ1) is 68.5. The summed E-state index contributed by atoms with van der Waals surface area (Å²) in [5.74, 6) is 0. The molecule has 0 amide bonds. The Morgan fingerprint density at radius 3 is 0.743 bits per heavy atom. The van der Waals surface area contributed by atoms with Crippen LogP contribution in [0.1, 0.15) is 274 Å². The van der Waals surface area contributed by atoms with Gasteiger partial charge in [-0.3, -0.25) is 0 Å². The molecule has 0 aliphatic heterocycles. The van der Waals surface area contributed by atoms with Crippen molar-refractivity contribution in [3.63, 3.8) is 0 Å². The van der Waals surface area contributed by atoms with Gasteiger partial charge in [-0.15, -0.1) is 54.6 Å². The van der Waals surface area contributed by atoms with Gasteiger partial charge in [0.15, 0.2) is 0 Å². The second-order valence-electron chi connectivity index (χ2n) is 31.9. The number of benzene rings is 12. The first-order valence-corrected chi connectivity index (χ1v) is 53.9. The standard InChI is InChI=1S/3C28H23N.6C4H11N.12C2H6.3Y/c1-29(19-24-13-6-7-16-26(24)21-10-3-2-4-11-21)20-25-15-9-14-23-18-22-12-5-8-17-27(22)28(23)25;1-29(20-25-12-6-7-13-26(25)22-9-3-2-4-10-22)19-21-15-16-24-18-23-11-5-8-14-27(23)28(24)17-21;1-29(20-24-12-6-7-13-26(24)22-9-3-2-4-10-22)19-21-15-16-28-25(17-21)18-23-11-5-8-14-27(23)28;6*1-4-5(2)3;12*1-2;;;/h2-10,12-15,17H,18-20H2,1H3;2*2-9,11-12,14-17H,18-20H2,1H3;6*4H2,1-3H3;12*1-2H3;;;/q3*-2;;;;;;;;;;;;;;;;;;;;;. The molecule has 795 valence electrons. The van der Waals surface area contributed by atoms with Gasteiger partial charge in [-0.1, -0.05) is 329 Å². The van der Waals surface area contributed by atoms with E-state index < -0.39 is 0 Å². The van der Waals surface area contributed by atoms with Crippen molar-refractivity contribution in [3.8, 4) is 66.8 Å². The Morgan fingerprint density at radius 2 is 0.424 bits per heavy atom. The molecule has 12 aromatic carbocycles. The minimum atomic E-state index is 0. The first kappa shape index (κ1) is 155. The van der Waals surface area contributed by atoms with Crippen molar-refractivity contribution >= 4 is 0 Å². The van der Waals surface area contributed by atoms with Crippen LogP contribution in [0.3, 0.4) is 0 Å². The molecular formula is C132H207N9Y3-6. The first-order valence-electron chi connectivity index (χ1n) is 53.9. The van der Waals surface area contributed by atoms with Crippen molar-refractivity contribution < 1.29 is 98.1 Å². The van der Waals surface area contributed by atoms with Gasteiger partial charge in [0.1, 0.15) is 0 Å². The molecule has 12 heteroatoms. The fourth-order valence-corrected chi connectivity index (χ4v) is 13.1. The number of hydrogen-bond donors (Lipinski definition) is 0. The topological polar surface area (TPSA) is 29.2 Å². The molecule has 144 heavy (non-hydrogen) atoms. The van der Waals surface area contributed by atoms with Crippen LogP contribution in [0.4, 0.5) is 0 Å². The van der Waals surface area contributed by atoms with Crippen molar-refractivity contribution in [1.29, 1.82) is 0 Å². The third kappa shape index (κ3) is 64.2. The third-order valence-electron chi connectivity index (χ3n) is 20.8. The van der Waals surface area contributed by atoms with E-state index in [0.717, 1.165) is 131 Å². The Bertz CT molecular complexity index is 4750. The number of fused-ring (bicyclic) bond motifs is 9. The largest absolute Gasteiger partial charge is 0.310 e. The van der Waals surface area contributed by atoms with Gasteiger partial charge in [-0.05, 0) is 273 Å². The Labute approximate surface area is 968 Å². The van der Waals surface area contributed by atoms with Gasteiger partial charge in [0, 0.05) is 118 Å². The van der Waals surface area contributed by atoms with Gasteiger partial charge in [0.2, 0.25) is 0 Å². The van der Waals surface area contributed by atoms with Crippen LogP contribution in [0.5, 0.6) is 0 Å². The molecule has 0 N–H and O–H groups in total. The number of hydrogen-bond acceptors (Lipinski definition) is 9. The molecule has 0 bridgehead atoms. The van der Waals surface area contributed by atoms with Crippen LogP contribution in [0, 0.1) is 36.4 Å². The molecule has 0 fully saturated rings. The van der Waals surface area contributed by atoms with Crippen molar-refractivity contribution in [1.82, 2.24) is 44.1 Å². The quantitative estimate of drug-likeness (QED) is 0.0653. The van der Waals surface area contributed by atoms with Crippen LogP contribution >= 0.6 is 0 Å². The van der Waals surface area contributed by atoms with E-state index in [0.29, 0.717) is 0 Å². The van der Waals surface area contributed by atoms with Gasteiger partial charge in [0.05, 0.1) is 0 Å². The summed E-state index contributed by atoms with van der Waals surface area (Å²) < 4.78 is 0. The summed E-state index contributed by atoms with van der Waals surface area (Å²) in [4.78, 5) is 19.9. The Balaban J connectivity index is -0.000000216. The summed E-state index contributed by atoms with van der Waals surface area (Å²) in [6, 6.07) is 110.